The maximum absolute atomic E-state index is 2.40. The lowest BCUT2D eigenvalue weighted by molar-refractivity contribution is 1.29. The van der Waals surface area contributed by atoms with Crippen LogP contribution in [0.15, 0.2) is 200 Å². The summed E-state index contributed by atoms with van der Waals surface area (Å²) in [4.78, 5) is 2.40. The minimum Gasteiger partial charge on any atom is -0.310 e. The van der Waals surface area contributed by atoms with Crippen LogP contribution in [0.25, 0.3) is 85.5 Å². The molecule has 0 aliphatic heterocycles. The smallest absolute Gasteiger partial charge is 0.0468 e. The van der Waals surface area contributed by atoms with Gasteiger partial charge < -0.3 is 4.90 Å². The van der Waals surface area contributed by atoms with Gasteiger partial charge in [-0.2, -0.15) is 0 Å². The highest BCUT2D eigenvalue weighted by molar-refractivity contribution is 7.26. The molecule has 10 aromatic carbocycles. The molecular formula is C52H33NS. The van der Waals surface area contributed by atoms with Gasteiger partial charge in [-0.1, -0.05) is 146 Å². The van der Waals surface area contributed by atoms with Crippen LogP contribution < -0.4 is 4.90 Å². The molecule has 11 rings (SSSR count). The van der Waals surface area contributed by atoms with Crippen molar-refractivity contribution in [3.63, 3.8) is 0 Å². The average Bonchev–Trinajstić information content (AvgIpc) is 3.63. The predicted octanol–water partition coefficient (Wildman–Crippen LogP) is 15.5. The van der Waals surface area contributed by atoms with Crippen molar-refractivity contribution in [1.29, 1.82) is 0 Å². The number of thiophene rings is 1. The second kappa shape index (κ2) is 12.4. The van der Waals surface area contributed by atoms with Crippen molar-refractivity contribution in [2.24, 2.45) is 0 Å². The van der Waals surface area contributed by atoms with Crippen LogP contribution in [0.5, 0.6) is 0 Å². The van der Waals surface area contributed by atoms with Crippen LogP contribution >= 0.6 is 11.3 Å². The highest BCUT2D eigenvalue weighted by Gasteiger charge is 2.17. The number of rotatable bonds is 5. The Bertz CT molecular complexity index is 3210. The molecule has 0 saturated heterocycles. The lowest BCUT2D eigenvalue weighted by atomic mass is 9.94. The number of fused-ring (bicyclic) bond motifs is 10. The molecule has 0 N–H and O–H groups in total. The van der Waals surface area contributed by atoms with Gasteiger partial charge in [-0.3, -0.25) is 0 Å². The van der Waals surface area contributed by atoms with E-state index in [-0.39, 0.29) is 0 Å². The summed E-state index contributed by atoms with van der Waals surface area (Å²) < 4.78 is 2.64. The second-order valence-electron chi connectivity index (χ2n) is 14.1. The fourth-order valence-electron chi connectivity index (χ4n) is 8.39. The van der Waals surface area contributed by atoms with E-state index in [0.717, 1.165) is 17.1 Å². The molecule has 0 aliphatic rings. The van der Waals surface area contributed by atoms with Crippen LogP contribution in [-0.2, 0) is 0 Å². The number of benzene rings is 10. The van der Waals surface area contributed by atoms with E-state index in [2.05, 4.69) is 205 Å². The van der Waals surface area contributed by atoms with Crippen molar-refractivity contribution in [3.05, 3.63) is 200 Å². The molecule has 0 spiro atoms. The molecule has 11 aromatic rings. The van der Waals surface area contributed by atoms with Gasteiger partial charge >= 0.3 is 0 Å². The zero-order valence-electron chi connectivity index (χ0n) is 29.4. The van der Waals surface area contributed by atoms with E-state index in [4.69, 9.17) is 0 Å². The SMILES string of the molecule is c1ccc(-c2cccc(N(c3ccc(-c4ccc5c(ccc6ccc7ccccc7c65)c4)cc3)c3ccc4ccc5sc6ccccc6c5c4c3)c2)cc1. The van der Waals surface area contributed by atoms with Gasteiger partial charge in [0.25, 0.3) is 0 Å². The van der Waals surface area contributed by atoms with Crippen molar-refractivity contribution in [3.8, 4) is 22.3 Å². The fraction of sp³-hybridized carbons (Fsp3) is 0. The minimum absolute atomic E-state index is 1.11. The molecule has 0 amide bonds. The van der Waals surface area contributed by atoms with E-state index in [1.807, 2.05) is 11.3 Å². The van der Waals surface area contributed by atoms with Gasteiger partial charge in [0.05, 0.1) is 0 Å². The van der Waals surface area contributed by atoms with Crippen molar-refractivity contribution in [2.75, 3.05) is 4.90 Å². The normalized spacial score (nSPS) is 11.7. The maximum atomic E-state index is 2.40. The summed E-state index contributed by atoms with van der Waals surface area (Å²) in [6, 6.07) is 73.5. The van der Waals surface area contributed by atoms with Gasteiger partial charge in [-0.05, 0) is 120 Å². The third kappa shape index (κ3) is 5.07. The Balaban J connectivity index is 1.05. The third-order valence-corrected chi connectivity index (χ3v) is 12.1. The lowest BCUT2D eigenvalue weighted by Gasteiger charge is -2.27. The van der Waals surface area contributed by atoms with Crippen LogP contribution in [0.4, 0.5) is 17.1 Å². The number of hydrogen-bond donors (Lipinski definition) is 0. The maximum Gasteiger partial charge on any atom is 0.0468 e. The zero-order chi connectivity index (χ0) is 35.6. The molecule has 0 radical (unpaired) electrons. The summed E-state index contributed by atoms with van der Waals surface area (Å²) in [5.74, 6) is 0. The minimum atomic E-state index is 1.11. The highest BCUT2D eigenvalue weighted by atomic mass is 32.1. The molecule has 0 fully saturated rings. The molecule has 1 nitrogen and oxygen atoms in total. The quantitative estimate of drug-likeness (QED) is 0.161. The average molecular weight is 704 g/mol. The first kappa shape index (κ1) is 30.8. The zero-order valence-corrected chi connectivity index (χ0v) is 30.2. The summed E-state index contributed by atoms with van der Waals surface area (Å²) in [7, 11) is 0. The molecular weight excluding hydrogens is 671 g/mol. The molecule has 0 unspecified atom stereocenters. The van der Waals surface area contributed by atoms with Gasteiger partial charge in [0.15, 0.2) is 0 Å². The standard InChI is InChI=1S/C52H33NS/c1-2-9-34(10-3-1)39-12-8-13-43(32-39)53(44-28-23-37-25-30-50-52(48(37)33-44)47-15-6-7-16-49(47)54-50)42-26-21-35(22-27-42)40-24-29-46-41(31-40)20-19-38-18-17-36-11-4-5-14-45(36)51(38)46/h1-33H. The van der Waals surface area contributed by atoms with Crippen LogP contribution in [-0.4, -0.2) is 0 Å². The molecule has 1 aromatic heterocycles. The Hall–Kier alpha value is -6.74. The van der Waals surface area contributed by atoms with Crippen LogP contribution in [0, 0.1) is 0 Å². The van der Waals surface area contributed by atoms with Crippen molar-refractivity contribution < 1.29 is 0 Å². The molecule has 0 saturated carbocycles. The van der Waals surface area contributed by atoms with Crippen LogP contribution in [0.2, 0.25) is 0 Å². The first-order chi connectivity index (χ1) is 26.7. The molecule has 0 atom stereocenters. The van der Waals surface area contributed by atoms with Gasteiger partial charge in [-0.15, -0.1) is 11.3 Å². The van der Waals surface area contributed by atoms with E-state index in [9.17, 15) is 0 Å². The third-order valence-electron chi connectivity index (χ3n) is 11.0. The van der Waals surface area contributed by atoms with Crippen molar-refractivity contribution >= 4 is 91.7 Å². The molecule has 252 valence electrons. The summed E-state index contributed by atoms with van der Waals surface area (Å²) in [6.45, 7) is 0. The Morgan fingerprint density at radius 3 is 1.76 bits per heavy atom. The summed E-state index contributed by atoms with van der Waals surface area (Å²) in [5, 5.41) is 12.9. The van der Waals surface area contributed by atoms with E-state index < -0.39 is 0 Å². The molecule has 2 heteroatoms. The summed E-state index contributed by atoms with van der Waals surface area (Å²) >= 11 is 1.87. The predicted molar refractivity (Wildman–Crippen MR) is 235 cm³/mol. The summed E-state index contributed by atoms with van der Waals surface area (Å²) in [6.07, 6.45) is 0. The Labute approximate surface area is 317 Å². The van der Waals surface area contributed by atoms with E-state index in [1.165, 1.54) is 85.5 Å². The van der Waals surface area contributed by atoms with E-state index in [0.29, 0.717) is 0 Å². The Morgan fingerprint density at radius 2 is 0.870 bits per heavy atom. The molecule has 54 heavy (non-hydrogen) atoms. The van der Waals surface area contributed by atoms with E-state index >= 15 is 0 Å². The van der Waals surface area contributed by atoms with Gasteiger partial charge in [0.1, 0.15) is 0 Å². The fourth-order valence-corrected chi connectivity index (χ4v) is 9.51. The number of anilines is 3. The van der Waals surface area contributed by atoms with Crippen molar-refractivity contribution in [2.45, 2.75) is 0 Å². The van der Waals surface area contributed by atoms with Gasteiger partial charge in [0.2, 0.25) is 0 Å². The van der Waals surface area contributed by atoms with Crippen LogP contribution in [0.3, 0.4) is 0 Å². The Kier molecular flexibility index (Phi) is 7.11. The molecule has 0 bridgehead atoms. The van der Waals surface area contributed by atoms with Gasteiger partial charge in [-0.25, -0.2) is 0 Å². The van der Waals surface area contributed by atoms with E-state index in [1.54, 1.807) is 0 Å². The lowest BCUT2D eigenvalue weighted by Crippen LogP contribution is -2.10. The first-order valence-corrected chi connectivity index (χ1v) is 19.3. The van der Waals surface area contributed by atoms with Crippen molar-refractivity contribution in [1.82, 2.24) is 0 Å². The summed E-state index contributed by atoms with van der Waals surface area (Å²) in [5.41, 5.74) is 8.17. The largest absolute Gasteiger partial charge is 0.310 e. The first-order valence-electron chi connectivity index (χ1n) is 18.5. The number of hydrogen-bond acceptors (Lipinski definition) is 2. The second-order valence-corrected chi connectivity index (χ2v) is 15.2. The topological polar surface area (TPSA) is 3.24 Å². The van der Waals surface area contributed by atoms with Gasteiger partial charge in [0, 0.05) is 37.2 Å². The number of nitrogens with zero attached hydrogens (tertiary/aromatic N) is 1. The monoisotopic (exact) mass is 703 g/mol. The van der Waals surface area contributed by atoms with Crippen LogP contribution in [0.1, 0.15) is 0 Å². The molecule has 1 heterocycles. The highest BCUT2D eigenvalue weighted by Crippen LogP contribution is 2.43. The molecule has 0 aliphatic carbocycles. The Morgan fingerprint density at radius 1 is 0.278 bits per heavy atom.